The summed E-state index contributed by atoms with van der Waals surface area (Å²) in [6.07, 6.45) is 3.92. The molecule has 1 saturated heterocycles. The largest absolute Gasteiger partial charge is 0.384 e. The fourth-order valence-corrected chi connectivity index (χ4v) is 5.01. The molecule has 8 N–H and O–H groups in total. The summed E-state index contributed by atoms with van der Waals surface area (Å²) < 4.78 is 1.99. The number of carbonyl (C=O) groups is 2. The van der Waals surface area contributed by atoms with E-state index in [1.165, 1.54) is 0 Å². The number of nitrogens with one attached hydrogen (secondary N) is 2. The van der Waals surface area contributed by atoms with E-state index < -0.39 is 0 Å². The second kappa shape index (κ2) is 12.0. The summed E-state index contributed by atoms with van der Waals surface area (Å²) in [7, 11) is 0. The predicted octanol–water partition coefficient (Wildman–Crippen LogP) is 2.85. The van der Waals surface area contributed by atoms with E-state index in [0.717, 1.165) is 35.7 Å². The van der Waals surface area contributed by atoms with Crippen LogP contribution >= 0.6 is 0 Å². The van der Waals surface area contributed by atoms with Gasteiger partial charge in [-0.1, -0.05) is 24.3 Å². The highest BCUT2D eigenvalue weighted by Crippen LogP contribution is 2.27. The lowest BCUT2D eigenvalue weighted by molar-refractivity contribution is -0.116. The first-order chi connectivity index (χ1) is 17.9. The van der Waals surface area contributed by atoms with Gasteiger partial charge in [0.2, 0.25) is 5.91 Å². The fraction of sp³-hybridized carbons (Fsp3) is 0.393. The third kappa shape index (κ3) is 6.36. The van der Waals surface area contributed by atoms with E-state index in [9.17, 15) is 9.59 Å². The van der Waals surface area contributed by atoms with Gasteiger partial charge in [-0.3, -0.25) is 15.0 Å². The number of amides is 2. The van der Waals surface area contributed by atoms with Crippen LogP contribution in [0.4, 0.5) is 5.69 Å². The molecule has 2 heterocycles. The maximum absolute atomic E-state index is 13.7. The molecule has 196 valence electrons. The molecule has 1 aliphatic rings. The minimum atomic E-state index is -0.0750. The molecule has 0 aliphatic carbocycles. The zero-order valence-electron chi connectivity index (χ0n) is 21.2. The third-order valence-electron chi connectivity index (χ3n) is 7.07. The van der Waals surface area contributed by atoms with Crippen molar-refractivity contribution in [3.8, 4) is 0 Å². The van der Waals surface area contributed by atoms with Gasteiger partial charge in [0.15, 0.2) is 0 Å². The molecule has 9 heteroatoms. The number of rotatable bonds is 10. The molecule has 0 unspecified atom stereocenters. The van der Waals surface area contributed by atoms with Gasteiger partial charge in [0.1, 0.15) is 11.5 Å². The number of anilines is 1. The lowest BCUT2D eigenvalue weighted by Crippen LogP contribution is -2.39. The molecule has 0 radical (unpaired) electrons. The number of carbonyl (C=O) groups excluding carboxylic acids is 2. The van der Waals surface area contributed by atoms with E-state index in [1.54, 1.807) is 6.07 Å². The minimum absolute atomic E-state index is 0.00184. The molecule has 1 aliphatic heterocycles. The van der Waals surface area contributed by atoms with Crippen molar-refractivity contribution in [3.05, 3.63) is 65.4 Å². The standard InChI is InChI=1S/C28H37N7O2/c29-11-2-5-26(36)33-23-4-1-3-20(15-23)18-35-24-17-22(27(31)32)7-6-21(24)16-25(35)28(37)34-13-9-19(8-12-30)10-14-34/h1,3-4,6-7,15-17,19H,2,5,8-14,18,29-30H2,(H3,31,32)(H,33,36). The number of aromatic nitrogens is 1. The Morgan fingerprint density at radius 3 is 2.51 bits per heavy atom. The average molecular weight is 504 g/mol. The molecule has 37 heavy (non-hydrogen) atoms. The van der Waals surface area contributed by atoms with Gasteiger partial charge in [-0.25, -0.2) is 0 Å². The summed E-state index contributed by atoms with van der Waals surface area (Å²) in [5.41, 5.74) is 20.7. The third-order valence-corrected chi connectivity index (χ3v) is 7.07. The van der Waals surface area contributed by atoms with Crippen LogP contribution in [0.5, 0.6) is 0 Å². The highest BCUT2D eigenvalue weighted by molar-refractivity contribution is 6.02. The highest BCUT2D eigenvalue weighted by atomic mass is 16.2. The van der Waals surface area contributed by atoms with Crippen molar-refractivity contribution >= 4 is 34.2 Å². The van der Waals surface area contributed by atoms with Crippen molar-refractivity contribution in [3.63, 3.8) is 0 Å². The summed E-state index contributed by atoms with van der Waals surface area (Å²) in [6, 6.07) is 15.1. The Morgan fingerprint density at radius 2 is 1.81 bits per heavy atom. The van der Waals surface area contributed by atoms with Crippen molar-refractivity contribution in [1.29, 1.82) is 5.41 Å². The van der Waals surface area contributed by atoms with Gasteiger partial charge in [0.25, 0.3) is 5.91 Å². The number of hydrogen-bond acceptors (Lipinski definition) is 5. The van der Waals surface area contributed by atoms with E-state index in [2.05, 4.69) is 5.32 Å². The Bertz CT molecular complexity index is 1270. The maximum atomic E-state index is 13.7. The number of nitrogens with two attached hydrogens (primary N) is 3. The van der Waals surface area contributed by atoms with Crippen LogP contribution in [-0.2, 0) is 11.3 Å². The number of fused-ring (bicyclic) bond motifs is 1. The van der Waals surface area contributed by atoms with Crippen LogP contribution in [0.15, 0.2) is 48.5 Å². The molecule has 1 fully saturated rings. The predicted molar refractivity (Wildman–Crippen MR) is 148 cm³/mol. The van der Waals surface area contributed by atoms with Crippen LogP contribution in [0.1, 0.15) is 53.7 Å². The molecule has 3 aromatic rings. The van der Waals surface area contributed by atoms with Crippen LogP contribution in [0.3, 0.4) is 0 Å². The maximum Gasteiger partial charge on any atom is 0.270 e. The van der Waals surface area contributed by atoms with Gasteiger partial charge in [-0.2, -0.15) is 0 Å². The van der Waals surface area contributed by atoms with Gasteiger partial charge in [0, 0.05) is 48.2 Å². The Balaban J connectivity index is 1.64. The number of piperidine rings is 1. The molecule has 0 saturated carbocycles. The summed E-state index contributed by atoms with van der Waals surface area (Å²) in [5.74, 6) is 0.472. The Kier molecular flexibility index (Phi) is 8.58. The van der Waals surface area contributed by atoms with E-state index in [1.807, 2.05) is 51.9 Å². The minimum Gasteiger partial charge on any atom is -0.384 e. The fourth-order valence-electron chi connectivity index (χ4n) is 5.01. The van der Waals surface area contributed by atoms with Crippen LogP contribution in [0.2, 0.25) is 0 Å². The number of benzene rings is 2. The van der Waals surface area contributed by atoms with Gasteiger partial charge in [-0.05, 0) is 74.5 Å². The Labute approximate surface area is 217 Å². The molecule has 2 amide bonds. The van der Waals surface area contributed by atoms with Crippen molar-refractivity contribution < 1.29 is 9.59 Å². The van der Waals surface area contributed by atoms with Crippen molar-refractivity contribution in [2.45, 2.75) is 38.6 Å². The van der Waals surface area contributed by atoms with E-state index in [-0.39, 0.29) is 17.6 Å². The van der Waals surface area contributed by atoms with Gasteiger partial charge < -0.3 is 32.0 Å². The highest BCUT2D eigenvalue weighted by Gasteiger charge is 2.26. The van der Waals surface area contributed by atoms with E-state index in [0.29, 0.717) is 68.4 Å². The smallest absolute Gasteiger partial charge is 0.270 e. The number of likely N-dealkylation sites (tertiary alicyclic amines) is 1. The van der Waals surface area contributed by atoms with Crippen molar-refractivity contribution in [2.24, 2.45) is 23.1 Å². The first-order valence-electron chi connectivity index (χ1n) is 13.0. The molecule has 0 atom stereocenters. The lowest BCUT2D eigenvalue weighted by Gasteiger charge is -2.32. The number of hydrogen-bond donors (Lipinski definition) is 5. The van der Waals surface area contributed by atoms with Gasteiger partial charge in [-0.15, -0.1) is 0 Å². The number of nitrogens with zero attached hydrogens (tertiary/aromatic N) is 2. The van der Waals surface area contributed by atoms with Crippen molar-refractivity contribution in [1.82, 2.24) is 9.47 Å². The molecule has 0 spiro atoms. The van der Waals surface area contributed by atoms with Crippen LogP contribution < -0.4 is 22.5 Å². The number of nitrogen functional groups attached to an aromatic ring is 1. The molecule has 2 aromatic carbocycles. The Morgan fingerprint density at radius 1 is 1.03 bits per heavy atom. The molecule has 0 bridgehead atoms. The van der Waals surface area contributed by atoms with E-state index in [4.69, 9.17) is 22.6 Å². The zero-order chi connectivity index (χ0) is 26.4. The molecule has 1 aromatic heterocycles. The average Bonchev–Trinajstić information content (AvgIpc) is 3.25. The molecule has 9 nitrogen and oxygen atoms in total. The van der Waals surface area contributed by atoms with Crippen LogP contribution in [-0.4, -0.2) is 53.3 Å². The summed E-state index contributed by atoms with van der Waals surface area (Å²) in [6.45, 7) is 3.01. The summed E-state index contributed by atoms with van der Waals surface area (Å²) in [4.78, 5) is 27.8. The summed E-state index contributed by atoms with van der Waals surface area (Å²) in [5, 5.41) is 11.7. The van der Waals surface area contributed by atoms with Crippen LogP contribution in [0.25, 0.3) is 10.9 Å². The van der Waals surface area contributed by atoms with Gasteiger partial charge in [0.05, 0.1) is 0 Å². The second-order valence-corrected chi connectivity index (χ2v) is 9.76. The molecular weight excluding hydrogens is 466 g/mol. The topological polar surface area (TPSA) is 156 Å². The van der Waals surface area contributed by atoms with Gasteiger partial charge >= 0.3 is 0 Å². The quantitative estimate of drug-likeness (QED) is 0.212. The van der Waals surface area contributed by atoms with Crippen LogP contribution in [0, 0.1) is 11.3 Å². The normalized spacial score (nSPS) is 14.2. The lowest BCUT2D eigenvalue weighted by atomic mass is 9.93. The second-order valence-electron chi connectivity index (χ2n) is 9.76. The zero-order valence-corrected chi connectivity index (χ0v) is 21.2. The van der Waals surface area contributed by atoms with Crippen molar-refractivity contribution in [2.75, 3.05) is 31.5 Å². The first kappa shape index (κ1) is 26.4. The SMILES string of the molecule is N=C(N)c1ccc2cc(C(=O)N3CCC(CCN)CC3)n(Cc3cccc(NC(=O)CCCN)c3)c2c1. The Hall–Kier alpha value is -3.69. The van der Waals surface area contributed by atoms with E-state index >= 15 is 0 Å². The number of amidine groups is 1. The molecule has 4 rings (SSSR count). The monoisotopic (exact) mass is 503 g/mol. The first-order valence-corrected chi connectivity index (χ1v) is 13.0. The molecular formula is C28H37N7O2. The summed E-state index contributed by atoms with van der Waals surface area (Å²) >= 11 is 0.